The first-order valence-electron chi connectivity index (χ1n) is 12.5. The van der Waals surface area contributed by atoms with Crippen molar-refractivity contribution in [1.29, 1.82) is 0 Å². The molecule has 4 aromatic carbocycles. The van der Waals surface area contributed by atoms with E-state index in [2.05, 4.69) is 36.8 Å². The fourth-order valence-corrected chi connectivity index (χ4v) is 5.32. The van der Waals surface area contributed by atoms with Crippen molar-refractivity contribution in [3.63, 3.8) is 0 Å². The van der Waals surface area contributed by atoms with Crippen LogP contribution in [0.1, 0.15) is 21.5 Å². The molecule has 42 heavy (non-hydrogen) atoms. The summed E-state index contributed by atoms with van der Waals surface area (Å²) >= 11 is 10.9. The smallest absolute Gasteiger partial charge is 0.271 e. The highest BCUT2D eigenvalue weighted by Crippen LogP contribution is 2.37. The molecule has 0 fully saturated rings. The van der Waals surface area contributed by atoms with Crippen LogP contribution in [0.25, 0.3) is 11.3 Å². The van der Waals surface area contributed by atoms with Crippen molar-refractivity contribution < 1.29 is 18.7 Å². The van der Waals surface area contributed by atoms with E-state index in [0.29, 0.717) is 37.7 Å². The lowest BCUT2D eigenvalue weighted by Crippen LogP contribution is -2.17. The second-order valence-electron chi connectivity index (χ2n) is 8.90. The first-order chi connectivity index (χ1) is 20.4. The Balaban J connectivity index is 1.18. The molecule has 0 radical (unpaired) electrons. The lowest BCUT2D eigenvalue weighted by atomic mass is 10.1. The molecule has 2 N–H and O–H groups in total. The van der Waals surface area contributed by atoms with Gasteiger partial charge in [-0.15, -0.1) is 11.3 Å². The van der Waals surface area contributed by atoms with Gasteiger partial charge in [-0.3, -0.25) is 4.79 Å². The van der Waals surface area contributed by atoms with Gasteiger partial charge in [-0.1, -0.05) is 35.9 Å². The minimum atomic E-state index is -0.359. The van der Waals surface area contributed by atoms with Crippen molar-refractivity contribution in [1.82, 2.24) is 10.4 Å². The molecule has 0 bridgehead atoms. The van der Waals surface area contributed by atoms with Crippen LogP contribution in [0.5, 0.6) is 11.5 Å². The maximum absolute atomic E-state index is 13.5. The molecule has 0 aliphatic carbocycles. The molecule has 0 saturated carbocycles. The standard InChI is InChI=1S/C31H23BrClFN4O3S/c1-40-28-15-20(14-26(32)29(28)41-17-19-3-2-4-24(34)13-19)16-35-38-30(39)22-7-5-21(6-8-22)27-18-42-31(37-27)36-25-11-9-23(33)10-12-25/h2-16,18H,17H2,1H3,(H,36,37)(H,38,39)/b35-16-. The van der Waals surface area contributed by atoms with Crippen LogP contribution < -0.4 is 20.2 Å². The molecule has 1 aromatic heterocycles. The number of hydrogen-bond acceptors (Lipinski definition) is 7. The summed E-state index contributed by atoms with van der Waals surface area (Å²) in [5.41, 5.74) is 6.91. The molecule has 0 unspecified atom stereocenters. The molecular formula is C31H23BrClFN4O3S. The number of anilines is 2. The van der Waals surface area contributed by atoms with Gasteiger partial charge in [0, 0.05) is 27.2 Å². The van der Waals surface area contributed by atoms with Crippen molar-refractivity contribution in [2.75, 3.05) is 12.4 Å². The minimum absolute atomic E-state index is 0.166. The molecule has 0 spiro atoms. The molecule has 1 amide bonds. The van der Waals surface area contributed by atoms with Gasteiger partial charge in [0.2, 0.25) is 0 Å². The highest BCUT2D eigenvalue weighted by atomic mass is 79.9. The number of halogens is 3. The van der Waals surface area contributed by atoms with Crippen LogP contribution in [0.3, 0.4) is 0 Å². The number of methoxy groups -OCH3 is 1. The minimum Gasteiger partial charge on any atom is -0.493 e. The highest BCUT2D eigenvalue weighted by Gasteiger charge is 2.13. The van der Waals surface area contributed by atoms with Crippen LogP contribution in [0.4, 0.5) is 15.2 Å². The number of thiazole rings is 1. The Hall–Kier alpha value is -4.25. The van der Waals surface area contributed by atoms with Gasteiger partial charge in [0.15, 0.2) is 16.6 Å². The topological polar surface area (TPSA) is 84.8 Å². The fourth-order valence-electron chi connectivity index (χ4n) is 3.88. The largest absolute Gasteiger partial charge is 0.493 e. The number of carbonyl (C=O) groups excluding carboxylic acids is 1. The Morgan fingerprint density at radius 3 is 2.62 bits per heavy atom. The quantitative estimate of drug-likeness (QED) is 0.116. The summed E-state index contributed by atoms with van der Waals surface area (Å²) in [4.78, 5) is 17.3. The fraction of sp³-hybridized carbons (Fsp3) is 0.0645. The van der Waals surface area contributed by atoms with Gasteiger partial charge in [-0.05, 0) is 87.7 Å². The van der Waals surface area contributed by atoms with E-state index in [0.717, 1.165) is 22.1 Å². The Bertz CT molecular complexity index is 1730. The van der Waals surface area contributed by atoms with Crippen molar-refractivity contribution in [3.05, 3.63) is 122 Å². The number of carbonyl (C=O) groups is 1. The Labute approximate surface area is 259 Å². The molecule has 1 heterocycles. The summed E-state index contributed by atoms with van der Waals surface area (Å²) in [7, 11) is 1.52. The van der Waals surface area contributed by atoms with Crippen molar-refractivity contribution in [2.24, 2.45) is 5.10 Å². The molecule has 0 atom stereocenters. The molecule has 5 rings (SSSR count). The van der Waals surface area contributed by atoms with Crippen LogP contribution in [0.2, 0.25) is 5.02 Å². The SMILES string of the molecule is COc1cc(/C=N\NC(=O)c2ccc(-c3csc(Nc4ccc(Cl)cc4)n3)cc2)cc(Br)c1OCc1cccc(F)c1. The van der Waals surface area contributed by atoms with Crippen molar-refractivity contribution in [3.8, 4) is 22.8 Å². The average molecular weight is 666 g/mol. The Kier molecular flexibility index (Phi) is 9.48. The first kappa shape index (κ1) is 29.2. The van der Waals surface area contributed by atoms with E-state index in [-0.39, 0.29) is 18.3 Å². The summed E-state index contributed by atoms with van der Waals surface area (Å²) < 4.78 is 25.4. The summed E-state index contributed by atoms with van der Waals surface area (Å²) in [6.45, 7) is 0.166. The van der Waals surface area contributed by atoms with Crippen LogP contribution in [0, 0.1) is 5.82 Å². The second-order valence-corrected chi connectivity index (χ2v) is 11.0. The van der Waals surface area contributed by atoms with Crippen molar-refractivity contribution in [2.45, 2.75) is 6.61 Å². The van der Waals surface area contributed by atoms with Crippen molar-refractivity contribution >= 4 is 61.8 Å². The lowest BCUT2D eigenvalue weighted by Gasteiger charge is -2.13. The second kappa shape index (κ2) is 13.6. The molecule has 11 heteroatoms. The molecular weight excluding hydrogens is 643 g/mol. The van der Waals surface area contributed by atoms with Gasteiger partial charge in [0.25, 0.3) is 5.91 Å². The zero-order valence-electron chi connectivity index (χ0n) is 22.1. The van der Waals surface area contributed by atoms with E-state index in [1.54, 1.807) is 36.4 Å². The number of rotatable bonds is 10. The molecule has 212 valence electrons. The predicted molar refractivity (Wildman–Crippen MR) is 169 cm³/mol. The number of benzene rings is 4. The first-order valence-corrected chi connectivity index (χ1v) is 14.6. The molecule has 0 aliphatic rings. The third-order valence-corrected chi connectivity index (χ3v) is 7.54. The third kappa shape index (κ3) is 7.52. The van der Waals surface area contributed by atoms with E-state index in [1.165, 1.54) is 36.8 Å². The predicted octanol–water partition coefficient (Wildman–Crippen LogP) is 8.46. The van der Waals surface area contributed by atoms with E-state index in [9.17, 15) is 9.18 Å². The van der Waals surface area contributed by atoms with Crippen LogP contribution >= 0.6 is 38.9 Å². The monoisotopic (exact) mass is 664 g/mol. The van der Waals surface area contributed by atoms with Gasteiger partial charge in [0.05, 0.1) is 23.5 Å². The van der Waals surface area contributed by atoms with Crippen LogP contribution in [0.15, 0.2) is 99.9 Å². The maximum Gasteiger partial charge on any atom is 0.271 e. The van der Waals surface area contributed by atoms with E-state index in [1.807, 2.05) is 41.8 Å². The maximum atomic E-state index is 13.5. The van der Waals surface area contributed by atoms with E-state index >= 15 is 0 Å². The highest BCUT2D eigenvalue weighted by molar-refractivity contribution is 9.10. The number of amides is 1. The lowest BCUT2D eigenvalue weighted by molar-refractivity contribution is 0.0955. The van der Waals surface area contributed by atoms with E-state index < -0.39 is 0 Å². The summed E-state index contributed by atoms with van der Waals surface area (Å²) in [6, 6.07) is 24.2. The normalized spacial score (nSPS) is 11.0. The Morgan fingerprint density at radius 1 is 1.10 bits per heavy atom. The van der Waals surface area contributed by atoms with Gasteiger partial charge < -0.3 is 14.8 Å². The zero-order valence-corrected chi connectivity index (χ0v) is 25.3. The number of ether oxygens (including phenoxy) is 2. The number of hydrogen-bond donors (Lipinski definition) is 2. The molecule has 5 aromatic rings. The average Bonchev–Trinajstić information content (AvgIpc) is 3.46. The van der Waals surface area contributed by atoms with Crippen LogP contribution in [-0.4, -0.2) is 24.2 Å². The number of aromatic nitrogens is 1. The van der Waals surface area contributed by atoms with Gasteiger partial charge in [0.1, 0.15) is 12.4 Å². The molecule has 0 saturated heterocycles. The summed E-state index contributed by atoms with van der Waals surface area (Å²) in [5.74, 6) is 0.236. The molecule has 7 nitrogen and oxygen atoms in total. The number of nitrogens with zero attached hydrogens (tertiary/aromatic N) is 2. The zero-order chi connectivity index (χ0) is 29.5. The van der Waals surface area contributed by atoms with Gasteiger partial charge in [-0.25, -0.2) is 14.8 Å². The van der Waals surface area contributed by atoms with Crippen LogP contribution in [-0.2, 0) is 6.61 Å². The molecule has 0 aliphatic heterocycles. The van der Waals surface area contributed by atoms with Gasteiger partial charge in [-0.2, -0.15) is 5.10 Å². The summed E-state index contributed by atoms with van der Waals surface area (Å²) in [5, 5.41) is 10.7. The van der Waals surface area contributed by atoms with E-state index in [4.69, 9.17) is 21.1 Å². The number of hydrazone groups is 1. The van der Waals surface area contributed by atoms with Gasteiger partial charge >= 0.3 is 0 Å². The summed E-state index contributed by atoms with van der Waals surface area (Å²) in [6.07, 6.45) is 1.50. The Morgan fingerprint density at radius 2 is 1.88 bits per heavy atom. The third-order valence-electron chi connectivity index (χ3n) is 5.95. The number of nitrogens with one attached hydrogen (secondary N) is 2.